The highest BCUT2D eigenvalue weighted by Crippen LogP contribution is 2.40. The molecule has 0 aliphatic carbocycles. The van der Waals surface area contributed by atoms with Crippen molar-refractivity contribution < 1.29 is 13.2 Å². The molecular weight excluding hydrogens is 431 g/mol. The monoisotopic (exact) mass is 459 g/mol. The van der Waals surface area contributed by atoms with E-state index >= 15 is 0 Å². The Morgan fingerprint density at radius 3 is 2.17 bits per heavy atom. The molecule has 7 heteroatoms. The van der Waals surface area contributed by atoms with Gasteiger partial charge in [-0.1, -0.05) is 44.0 Å². The minimum atomic E-state index is -1.93. The molecule has 0 radical (unpaired) electrons. The summed E-state index contributed by atoms with van der Waals surface area (Å²) in [5, 5.41) is 1.03. The second kappa shape index (κ2) is 10.8. The molecule has 2 aromatic rings. The van der Waals surface area contributed by atoms with Crippen LogP contribution in [-0.4, -0.2) is 13.3 Å². The summed E-state index contributed by atoms with van der Waals surface area (Å²) in [6.45, 7) is 8.37. The zero-order valence-electron chi connectivity index (χ0n) is 17.5. The first-order chi connectivity index (χ1) is 13.7. The molecule has 2 rings (SSSR count). The summed E-state index contributed by atoms with van der Waals surface area (Å²) in [7, 11) is -1.93. The van der Waals surface area contributed by atoms with Gasteiger partial charge in [0.2, 0.25) is 0 Å². The van der Waals surface area contributed by atoms with E-state index in [0.717, 1.165) is 29.8 Å². The van der Waals surface area contributed by atoms with Gasteiger partial charge in [-0.2, -0.15) is 0 Å². The number of hydrogen-bond acceptors (Lipinski definition) is 2. The Balaban J connectivity index is 2.29. The lowest BCUT2D eigenvalue weighted by atomic mass is 10.0. The highest BCUT2D eigenvalue weighted by atomic mass is 35.5. The van der Waals surface area contributed by atoms with E-state index < -0.39 is 20.0 Å². The van der Waals surface area contributed by atoms with Crippen LogP contribution in [0.3, 0.4) is 0 Å². The summed E-state index contributed by atoms with van der Waals surface area (Å²) >= 11 is 13.1. The minimum Gasteiger partial charge on any atom is -0.410 e. The first kappa shape index (κ1) is 24.3. The molecule has 0 aliphatic rings. The Kier molecular flexibility index (Phi) is 9.07. The number of aromatic nitrogens is 1. The maximum Gasteiger partial charge on any atom is 0.192 e. The van der Waals surface area contributed by atoms with Crippen molar-refractivity contribution in [3.05, 3.63) is 62.9 Å². The van der Waals surface area contributed by atoms with Crippen LogP contribution in [0.1, 0.15) is 56.5 Å². The van der Waals surface area contributed by atoms with Crippen molar-refractivity contribution >= 4 is 31.5 Å². The summed E-state index contributed by atoms with van der Waals surface area (Å²) in [4.78, 5) is 4.23. The number of rotatable bonds is 10. The molecule has 2 nitrogen and oxygen atoms in total. The molecule has 1 unspecified atom stereocenters. The van der Waals surface area contributed by atoms with E-state index in [-0.39, 0.29) is 6.10 Å². The first-order valence-electron chi connectivity index (χ1n) is 10.2. The van der Waals surface area contributed by atoms with Gasteiger partial charge < -0.3 is 4.43 Å². The summed E-state index contributed by atoms with van der Waals surface area (Å²) in [6.07, 6.45) is 3.26. The second-order valence-electron chi connectivity index (χ2n) is 7.44. The van der Waals surface area contributed by atoms with Crippen molar-refractivity contribution in [3.63, 3.8) is 0 Å². The van der Waals surface area contributed by atoms with Crippen LogP contribution in [0.4, 0.5) is 8.78 Å². The lowest BCUT2D eigenvalue weighted by Gasteiger charge is -2.34. The third-order valence-electron chi connectivity index (χ3n) is 5.68. The molecule has 0 fully saturated rings. The Morgan fingerprint density at radius 2 is 1.62 bits per heavy atom. The van der Waals surface area contributed by atoms with E-state index in [4.69, 9.17) is 27.6 Å². The molecule has 1 atom stereocenters. The first-order valence-corrected chi connectivity index (χ1v) is 13.5. The fourth-order valence-corrected chi connectivity index (χ4v) is 7.11. The van der Waals surface area contributed by atoms with Gasteiger partial charge in [-0.3, -0.25) is 4.98 Å². The maximum absolute atomic E-state index is 13.5. The topological polar surface area (TPSA) is 22.1 Å². The molecule has 0 bridgehead atoms. The number of halogens is 4. The fraction of sp³-hybridized carbons (Fsp3) is 0.500. The van der Waals surface area contributed by atoms with E-state index in [9.17, 15) is 8.78 Å². The third kappa shape index (κ3) is 6.23. The Labute approximate surface area is 183 Å². The quantitative estimate of drug-likeness (QED) is 0.335. The average Bonchev–Trinajstić information content (AvgIpc) is 2.68. The van der Waals surface area contributed by atoms with Crippen molar-refractivity contribution in [1.29, 1.82) is 0 Å². The Morgan fingerprint density at radius 1 is 1.03 bits per heavy atom. The lowest BCUT2D eigenvalue weighted by Crippen LogP contribution is -2.37. The number of benzene rings is 1. The molecule has 0 spiro atoms. The molecule has 0 amide bonds. The van der Waals surface area contributed by atoms with Crippen LogP contribution in [-0.2, 0) is 10.8 Å². The second-order valence-corrected chi connectivity index (χ2v) is 12.9. The van der Waals surface area contributed by atoms with Crippen molar-refractivity contribution in [1.82, 2.24) is 4.98 Å². The van der Waals surface area contributed by atoms with Crippen LogP contribution in [0.5, 0.6) is 0 Å². The molecular formula is C22H29Cl2F2NOSi. The summed E-state index contributed by atoms with van der Waals surface area (Å²) in [6, 6.07) is 6.65. The van der Waals surface area contributed by atoms with Gasteiger partial charge >= 0.3 is 0 Å². The van der Waals surface area contributed by atoms with Gasteiger partial charge in [0, 0.05) is 17.8 Å². The number of hydrogen-bond donors (Lipinski definition) is 0. The molecule has 0 saturated heterocycles. The summed E-state index contributed by atoms with van der Waals surface area (Å²) in [5.74, 6) is -1.11. The van der Waals surface area contributed by atoms with Gasteiger partial charge in [0.05, 0.1) is 21.8 Å². The molecule has 1 heterocycles. The van der Waals surface area contributed by atoms with Gasteiger partial charge in [0.1, 0.15) is 11.6 Å². The van der Waals surface area contributed by atoms with Crippen LogP contribution in [0.2, 0.25) is 28.2 Å². The molecule has 0 saturated carbocycles. The molecule has 1 aromatic carbocycles. The smallest absolute Gasteiger partial charge is 0.192 e. The van der Waals surface area contributed by atoms with E-state index in [1.807, 2.05) is 6.92 Å². The zero-order chi connectivity index (χ0) is 21.6. The summed E-state index contributed by atoms with van der Waals surface area (Å²) in [5.41, 5.74) is 2.12. The molecule has 0 N–H and O–H groups in total. The van der Waals surface area contributed by atoms with Crippen molar-refractivity contribution in [3.8, 4) is 0 Å². The highest BCUT2D eigenvalue weighted by molar-refractivity contribution is 6.73. The SMILES string of the molecule is CC[Si](CC)(CC)OC(CCCc1cc(F)cc(F)c1)c1c(Cl)cnc(C)c1Cl. The fourth-order valence-electron chi connectivity index (χ4n) is 3.69. The third-order valence-corrected chi connectivity index (χ3v) is 11.1. The standard InChI is InChI=1S/C22H29Cl2F2NOSi/c1-5-29(6-2,7-3)28-20(21-19(23)14-27-15(4)22(21)24)10-8-9-16-11-17(25)13-18(26)12-16/h11-14,20H,5-10H2,1-4H3. The molecule has 0 aliphatic heterocycles. The van der Waals surface area contributed by atoms with Crippen LogP contribution < -0.4 is 0 Å². The van der Waals surface area contributed by atoms with E-state index in [0.29, 0.717) is 40.6 Å². The van der Waals surface area contributed by atoms with Crippen molar-refractivity contribution in [2.24, 2.45) is 0 Å². The van der Waals surface area contributed by atoms with Crippen LogP contribution in [0.15, 0.2) is 24.4 Å². The molecule has 29 heavy (non-hydrogen) atoms. The van der Waals surface area contributed by atoms with Gasteiger partial charge in [-0.05, 0) is 62.0 Å². The normalized spacial score (nSPS) is 13.0. The predicted molar refractivity (Wildman–Crippen MR) is 119 cm³/mol. The Hall–Kier alpha value is -1.01. The van der Waals surface area contributed by atoms with Crippen LogP contribution in [0, 0.1) is 18.6 Å². The minimum absolute atomic E-state index is 0.262. The summed E-state index contributed by atoms with van der Waals surface area (Å²) < 4.78 is 33.7. The molecule has 1 aromatic heterocycles. The zero-order valence-corrected chi connectivity index (χ0v) is 20.0. The van der Waals surface area contributed by atoms with E-state index in [1.165, 1.54) is 12.1 Å². The number of pyridine rings is 1. The lowest BCUT2D eigenvalue weighted by molar-refractivity contribution is 0.176. The average molecular weight is 460 g/mol. The van der Waals surface area contributed by atoms with E-state index in [2.05, 4.69) is 25.8 Å². The van der Waals surface area contributed by atoms with Gasteiger partial charge in [-0.15, -0.1) is 0 Å². The maximum atomic E-state index is 13.5. The van der Waals surface area contributed by atoms with Crippen LogP contribution >= 0.6 is 23.2 Å². The predicted octanol–water partition coefficient (Wildman–Crippen LogP) is 8.06. The number of nitrogens with zero attached hydrogens (tertiary/aromatic N) is 1. The van der Waals surface area contributed by atoms with Crippen LogP contribution in [0.25, 0.3) is 0 Å². The van der Waals surface area contributed by atoms with Crippen molar-refractivity contribution in [2.75, 3.05) is 0 Å². The number of aryl methyl sites for hydroxylation is 2. The van der Waals surface area contributed by atoms with Gasteiger partial charge in [0.25, 0.3) is 0 Å². The molecule has 160 valence electrons. The van der Waals surface area contributed by atoms with Crippen molar-refractivity contribution in [2.45, 2.75) is 71.2 Å². The van der Waals surface area contributed by atoms with E-state index in [1.54, 1.807) is 6.20 Å². The largest absolute Gasteiger partial charge is 0.410 e. The van der Waals surface area contributed by atoms with Gasteiger partial charge in [-0.25, -0.2) is 8.78 Å². The van der Waals surface area contributed by atoms with Gasteiger partial charge in [0.15, 0.2) is 8.32 Å². The Bertz CT molecular complexity index is 802. The highest BCUT2D eigenvalue weighted by Gasteiger charge is 2.34.